The van der Waals surface area contributed by atoms with Gasteiger partial charge in [0.15, 0.2) is 0 Å². The van der Waals surface area contributed by atoms with Crippen molar-refractivity contribution in [1.82, 2.24) is 10.2 Å². The van der Waals surface area contributed by atoms with Gasteiger partial charge in [-0.05, 0) is 73.9 Å². The molecule has 3 N–H and O–H groups in total. The molecule has 2 aliphatic rings. The van der Waals surface area contributed by atoms with Crippen LogP contribution in [0.5, 0.6) is 5.75 Å². The van der Waals surface area contributed by atoms with Gasteiger partial charge in [0.25, 0.3) is 0 Å². The first-order valence-corrected chi connectivity index (χ1v) is 14.0. The van der Waals surface area contributed by atoms with Gasteiger partial charge in [0.05, 0.1) is 22.3 Å². The van der Waals surface area contributed by atoms with Crippen LogP contribution < -0.4 is 10.1 Å². The lowest BCUT2D eigenvalue weighted by Gasteiger charge is -2.41. The van der Waals surface area contributed by atoms with Crippen molar-refractivity contribution >= 4 is 34.4 Å². The fourth-order valence-corrected chi connectivity index (χ4v) is 5.38. The SMILES string of the molecule is CC(C)OCCCN(C(=O)C1CCCC1)[C@@H]1CC(C(=O)NCCO)=C[C@H](Oc2ccccc2I)[C@H]1O. The quantitative estimate of drug-likeness (QED) is 0.247. The second-order valence-corrected chi connectivity index (χ2v) is 10.9. The summed E-state index contributed by atoms with van der Waals surface area (Å²) in [6.45, 7) is 4.85. The van der Waals surface area contributed by atoms with Crippen LogP contribution in [0.1, 0.15) is 52.4 Å². The molecule has 0 bridgehead atoms. The Kier molecular flexibility index (Phi) is 11.5. The number of carbonyl (C=O) groups excluding carboxylic acids is 2. The maximum Gasteiger partial charge on any atom is 0.247 e. The molecule has 8 nitrogen and oxygen atoms in total. The summed E-state index contributed by atoms with van der Waals surface area (Å²) in [6, 6.07) is 6.88. The number of nitrogens with zero attached hydrogens (tertiary/aromatic N) is 1. The number of aliphatic hydroxyl groups excluding tert-OH is 2. The first-order valence-electron chi connectivity index (χ1n) is 12.9. The largest absolute Gasteiger partial charge is 0.482 e. The molecule has 0 radical (unpaired) electrons. The summed E-state index contributed by atoms with van der Waals surface area (Å²) in [4.78, 5) is 28.3. The molecule has 200 valence electrons. The van der Waals surface area contributed by atoms with Gasteiger partial charge in [0, 0.05) is 37.6 Å². The molecule has 0 aliphatic heterocycles. The molecule has 0 aromatic heterocycles. The maximum absolute atomic E-state index is 13.7. The van der Waals surface area contributed by atoms with Crippen molar-refractivity contribution < 1.29 is 29.3 Å². The summed E-state index contributed by atoms with van der Waals surface area (Å²) < 4.78 is 12.8. The molecule has 0 heterocycles. The van der Waals surface area contributed by atoms with Crippen molar-refractivity contribution in [2.45, 2.75) is 76.7 Å². The lowest BCUT2D eigenvalue weighted by atomic mass is 9.87. The summed E-state index contributed by atoms with van der Waals surface area (Å²) in [7, 11) is 0. The number of ether oxygens (including phenoxy) is 2. The number of nitrogens with one attached hydrogen (secondary N) is 1. The van der Waals surface area contributed by atoms with E-state index in [4.69, 9.17) is 14.6 Å². The van der Waals surface area contributed by atoms with E-state index in [1.54, 1.807) is 11.0 Å². The molecule has 1 saturated carbocycles. The number of benzene rings is 1. The van der Waals surface area contributed by atoms with Gasteiger partial charge in [-0.15, -0.1) is 0 Å². The minimum Gasteiger partial charge on any atom is -0.482 e. The first-order chi connectivity index (χ1) is 17.3. The summed E-state index contributed by atoms with van der Waals surface area (Å²) in [5.74, 6) is 0.253. The fourth-order valence-electron chi connectivity index (χ4n) is 4.87. The van der Waals surface area contributed by atoms with Crippen LogP contribution >= 0.6 is 22.6 Å². The monoisotopic (exact) mass is 614 g/mol. The highest BCUT2D eigenvalue weighted by Gasteiger charge is 2.42. The van der Waals surface area contributed by atoms with Crippen LogP contribution in [0, 0.1) is 9.49 Å². The molecular weight excluding hydrogens is 575 g/mol. The van der Waals surface area contributed by atoms with Gasteiger partial charge in [-0.25, -0.2) is 0 Å². The van der Waals surface area contributed by atoms with Crippen LogP contribution in [0.3, 0.4) is 0 Å². The zero-order valence-corrected chi connectivity index (χ0v) is 23.4. The number of amides is 2. The molecule has 0 unspecified atom stereocenters. The van der Waals surface area contributed by atoms with Crippen LogP contribution in [0.15, 0.2) is 35.9 Å². The van der Waals surface area contributed by atoms with Crippen molar-refractivity contribution in [1.29, 1.82) is 0 Å². The highest BCUT2D eigenvalue weighted by atomic mass is 127. The topological polar surface area (TPSA) is 108 Å². The lowest BCUT2D eigenvalue weighted by molar-refractivity contribution is -0.143. The molecule has 36 heavy (non-hydrogen) atoms. The molecule has 2 aliphatic carbocycles. The Morgan fingerprint density at radius 2 is 1.94 bits per heavy atom. The van der Waals surface area contributed by atoms with Gasteiger partial charge in [0.2, 0.25) is 11.8 Å². The van der Waals surface area contributed by atoms with E-state index in [0.717, 1.165) is 29.3 Å². The van der Waals surface area contributed by atoms with E-state index < -0.39 is 18.2 Å². The molecule has 3 atom stereocenters. The van der Waals surface area contributed by atoms with E-state index in [9.17, 15) is 14.7 Å². The van der Waals surface area contributed by atoms with Crippen molar-refractivity contribution in [2.75, 3.05) is 26.3 Å². The third-order valence-corrected chi connectivity index (χ3v) is 7.59. The van der Waals surface area contributed by atoms with Gasteiger partial charge in [0.1, 0.15) is 18.0 Å². The lowest BCUT2D eigenvalue weighted by Crippen LogP contribution is -2.56. The molecule has 1 fully saturated rings. The molecule has 1 aromatic carbocycles. The first kappa shape index (κ1) is 28.9. The van der Waals surface area contributed by atoms with Crippen LogP contribution in [0.25, 0.3) is 0 Å². The van der Waals surface area contributed by atoms with E-state index in [0.29, 0.717) is 30.9 Å². The zero-order valence-electron chi connectivity index (χ0n) is 21.2. The number of carbonyl (C=O) groups is 2. The Bertz CT molecular complexity index is 902. The molecule has 3 rings (SSSR count). The second-order valence-electron chi connectivity index (χ2n) is 9.73. The summed E-state index contributed by atoms with van der Waals surface area (Å²) >= 11 is 2.17. The summed E-state index contributed by atoms with van der Waals surface area (Å²) in [5.41, 5.74) is 0.442. The van der Waals surface area contributed by atoms with Crippen molar-refractivity contribution in [3.05, 3.63) is 39.5 Å². The van der Waals surface area contributed by atoms with E-state index in [-0.39, 0.29) is 43.4 Å². The number of hydrogen-bond donors (Lipinski definition) is 3. The summed E-state index contributed by atoms with van der Waals surface area (Å²) in [6.07, 6.45) is 4.54. The van der Waals surface area contributed by atoms with Crippen LogP contribution in [0.2, 0.25) is 0 Å². The smallest absolute Gasteiger partial charge is 0.247 e. The van der Waals surface area contributed by atoms with E-state index in [2.05, 4.69) is 27.9 Å². The van der Waals surface area contributed by atoms with Gasteiger partial charge in [-0.3, -0.25) is 9.59 Å². The van der Waals surface area contributed by atoms with Crippen LogP contribution in [-0.4, -0.2) is 77.6 Å². The molecule has 0 spiro atoms. The molecule has 2 amide bonds. The van der Waals surface area contributed by atoms with Crippen molar-refractivity contribution in [3.8, 4) is 5.75 Å². The number of rotatable bonds is 12. The summed E-state index contributed by atoms with van der Waals surface area (Å²) in [5, 5.41) is 23.4. The Balaban J connectivity index is 1.88. The van der Waals surface area contributed by atoms with Crippen LogP contribution in [0.4, 0.5) is 0 Å². The van der Waals surface area contributed by atoms with E-state index >= 15 is 0 Å². The van der Waals surface area contributed by atoms with Crippen LogP contribution in [-0.2, 0) is 14.3 Å². The standard InChI is InChI=1S/C27H39IN2O6/c1-18(2)35-15-7-13-30(27(34)19-8-3-4-9-19)22-16-20(26(33)29-12-14-31)17-24(25(22)32)36-23-11-6-5-10-21(23)28/h5-6,10-11,17-19,22,24-25,31-32H,3-4,7-9,12-16H2,1-2H3,(H,29,33)/t22-,24+,25+/m1/s1. The molecule has 0 saturated heterocycles. The minimum atomic E-state index is -1.01. The van der Waals surface area contributed by atoms with Crippen molar-refractivity contribution in [3.63, 3.8) is 0 Å². The second kappa shape index (κ2) is 14.3. The maximum atomic E-state index is 13.7. The molecule has 9 heteroatoms. The van der Waals surface area contributed by atoms with E-state index in [1.165, 1.54) is 0 Å². The van der Waals surface area contributed by atoms with Gasteiger partial charge in [-0.2, -0.15) is 0 Å². The Hall–Kier alpha value is -1.69. The third-order valence-electron chi connectivity index (χ3n) is 6.70. The Morgan fingerprint density at radius 3 is 2.61 bits per heavy atom. The highest BCUT2D eigenvalue weighted by Crippen LogP contribution is 2.33. The van der Waals surface area contributed by atoms with Crippen molar-refractivity contribution in [2.24, 2.45) is 5.92 Å². The van der Waals surface area contributed by atoms with Gasteiger partial charge >= 0.3 is 0 Å². The predicted octanol–water partition coefficient (Wildman–Crippen LogP) is 3.04. The number of para-hydroxylation sites is 1. The predicted molar refractivity (Wildman–Crippen MR) is 146 cm³/mol. The Labute approximate surface area is 227 Å². The third kappa shape index (κ3) is 7.90. The molecule has 1 aromatic rings. The number of aliphatic hydroxyl groups is 2. The highest BCUT2D eigenvalue weighted by molar-refractivity contribution is 14.1. The average Bonchev–Trinajstić information content (AvgIpc) is 3.40. The number of hydrogen-bond acceptors (Lipinski definition) is 6. The van der Waals surface area contributed by atoms with E-state index in [1.807, 2.05) is 38.1 Å². The Morgan fingerprint density at radius 1 is 1.22 bits per heavy atom. The van der Waals surface area contributed by atoms with Gasteiger partial charge < -0.3 is 29.9 Å². The van der Waals surface area contributed by atoms with Gasteiger partial charge in [-0.1, -0.05) is 25.0 Å². The average molecular weight is 615 g/mol. The fraction of sp³-hybridized carbons (Fsp3) is 0.630. The normalized spacial score (nSPS) is 22.4. The molecular formula is C27H39IN2O6. The zero-order chi connectivity index (χ0) is 26.1. The minimum absolute atomic E-state index is 0.0335. The number of halogens is 1.